The predicted molar refractivity (Wildman–Crippen MR) is 125 cm³/mol. The molecule has 0 bridgehead atoms. The van der Waals surface area contributed by atoms with Crippen LogP contribution in [0.5, 0.6) is 0 Å². The van der Waals surface area contributed by atoms with Crippen molar-refractivity contribution in [1.82, 2.24) is 4.98 Å². The van der Waals surface area contributed by atoms with E-state index in [0.717, 1.165) is 15.8 Å². The van der Waals surface area contributed by atoms with Crippen molar-refractivity contribution < 1.29 is 8.42 Å². The third-order valence-electron chi connectivity index (χ3n) is 4.14. The Kier molecular flexibility index (Phi) is 6.14. The summed E-state index contributed by atoms with van der Waals surface area (Å²) in [5.41, 5.74) is 1.15. The first-order valence-corrected chi connectivity index (χ1v) is 12.1. The summed E-state index contributed by atoms with van der Waals surface area (Å²) < 4.78 is 27.7. The largest absolute Gasteiger partial charge is 0.280 e. The van der Waals surface area contributed by atoms with Gasteiger partial charge in [0.15, 0.2) is 0 Å². The molecule has 152 valence electrons. The van der Waals surface area contributed by atoms with Crippen LogP contribution < -0.4 is 4.72 Å². The summed E-state index contributed by atoms with van der Waals surface area (Å²) in [6.45, 7) is 0. The number of halogens is 3. The average molecular weight is 496 g/mol. The second-order valence-corrected chi connectivity index (χ2v) is 10.3. The van der Waals surface area contributed by atoms with Crippen LogP contribution in [0.1, 0.15) is 0 Å². The predicted octanol–water partition coefficient (Wildman–Crippen LogP) is 7.15. The van der Waals surface area contributed by atoms with E-state index >= 15 is 0 Å². The summed E-state index contributed by atoms with van der Waals surface area (Å²) in [5, 5.41) is 1.97. The van der Waals surface area contributed by atoms with E-state index in [0.29, 0.717) is 20.0 Å². The number of fused-ring (bicyclic) bond motifs is 1. The number of hydrogen-bond acceptors (Lipinski definition) is 4. The van der Waals surface area contributed by atoms with E-state index in [1.165, 1.54) is 36.0 Å². The molecular weight excluding hydrogens is 483 g/mol. The van der Waals surface area contributed by atoms with Crippen LogP contribution in [0.4, 0.5) is 5.69 Å². The Hall–Kier alpha value is -1.96. The second-order valence-electron chi connectivity index (χ2n) is 6.30. The number of aromatic nitrogens is 1. The topological polar surface area (TPSA) is 59.1 Å². The minimum absolute atomic E-state index is 0.0444. The number of para-hydroxylation sites is 1. The first kappa shape index (κ1) is 21.3. The van der Waals surface area contributed by atoms with Crippen molar-refractivity contribution in [3.05, 3.63) is 88.0 Å². The maximum absolute atomic E-state index is 12.6. The summed E-state index contributed by atoms with van der Waals surface area (Å²) in [5.74, 6) is 0. The van der Waals surface area contributed by atoms with E-state index in [9.17, 15) is 8.42 Å². The molecule has 3 aromatic carbocycles. The highest BCUT2D eigenvalue weighted by Crippen LogP contribution is 2.41. The van der Waals surface area contributed by atoms with Gasteiger partial charge in [-0.2, -0.15) is 0 Å². The van der Waals surface area contributed by atoms with Crippen LogP contribution in [0.25, 0.3) is 10.9 Å². The molecule has 4 aromatic rings. The number of nitrogens with one attached hydrogen (secondary N) is 1. The van der Waals surface area contributed by atoms with E-state index < -0.39 is 10.0 Å². The van der Waals surface area contributed by atoms with Gasteiger partial charge in [0.2, 0.25) is 0 Å². The number of hydrogen-bond donors (Lipinski definition) is 1. The molecule has 4 nitrogen and oxygen atoms in total. The van der Waals surface area contributed by atoms with Crippen LogP contribution in [-0.4, -0.2) is 13.4 Å². The smallest absolute Gasteiger partial charge is 0.261 e. The molecule has 0 radical (unpaired) electrons. The molecule has 4 rings (SSSR count). The lowest BCUT2D eigenvalue weighted by Gasteiger charge is -2.12. The molecule has 0 atom stereocenters. The van der Waals surface area contributed by atoms with E-state index in [1.54, 1.807) is 18.3 Å². The number of benzene rings is 3. The van der Waals surface area contributed by atoms with Crippen molar-refractivity contribution in [2.75, 3.05) is 4.72 Å². The van der Waals surface area contributed by atoms with Crippen molar-refractivity contribution in [3.63, 3.8) is 0 Å². The molecule has 0 saturated heterocycles. The van der Waals surface area contributed by atoms with Gasteiger partial charge in [-0.25, -0.2) is 8.42 Å². The first-order chi connectivity index (χ1) is 14.3. The number of sulfonamides is 1. The van der Waals surface area contributed by atoms with E-state index in [-0.39, 0.29) is 10.6 Å². The fourth-order valence-electron chi connectivity index (χ4n) is 2.79. The van der Waals surface area contributed by atoms with E-state index in [2.05, 4.69) is 9.71 Å². The molecule has 0 unspecified atom stereocenters. The third-order valence-corrected chi connectivity index (χ3v) is 7.68. The van der Waals surface area contributed by atoms with Gasteiger partial charge in [-0.1, -0.05) is 70.8 Å². The summed E-state index contributed by atoms with van der Waals surface area (Å²) >= 11 is 20.1. The molecule has 0 aliphatic carbocycles. The number of rotatable bonds is 5. The zero-order chi connectivity index (χ0) is 21.3. The SMILES string of the molecule is O=S(=O)(Nc1cc(Cl)c(Sc2cnc3ccccc3c2)c(Cl)c1)c1cccc(Cl)c1. The number of pyridine rings is 1. The minimum Gasteiger partial charge on any atom is -0.280 e. The summed E-state index contributed by atoms with van der Waals surface area (Å²) in [6, 6.07) is 18.8. The lowest BCUT2D eigenvalue weighted by molar-refractivity contribution is 0.601. The van der Waals surface area contributed by atoms with Gasteiger partial charge in [0.1, 0.15) is 0 Å². The fourth-order valence-corrected chi connectivity index (χ4v) is 5.69. The van der Waals surface area contributed by atoms with Crippen LogP contribution in [0.2, 0.25) is 15.1 Å². The van der Waals surface area contributed by atoms with Gasteiger partial charge >= 0.3 is 0 Å². The zero-order valence-electron chi connectivity index (χ0n) is 15.1. The molecule has 0 saturated carbocycles. The Morgan fingerprint density at radius 2 is 1.60 bits per heavy atom. The Balaban J connectivity index is 1.61. The van der Waals surface area contributed by atoms with Gasteiger partial charge in [-0.15, -0.1) is 0 Å². The monoisotopic (exact) mass is 494 g/mol. The standard InChI is InChI=1S/C21H13Cl3N2O2S2/c22-14-5-3-6-17(9-14)30(27,28)26-15-10-18(23)21(19(24)11-15)29-16-8-13-4-1-2-7-20(13)25-12-16/h1-12,26H. The molecule has 0 aliphatic heterocycles. The van der Waals surface area contributed by atoms with Crippen molar-refractivity contribution in [1.29, 1.82) is 0 Å². The highest BCUT2D eigenvalue weighted by atomic mass is 35.5. The lowest BCUT2D eigenvalue weighted by Crippen LogP contribution is -2.13. The Morgan fingerprint density at radius 3 is 2.33 bits per heavy atom. The quantitative estimate of drug-likeness (QED) is 0.319. The number of anilines is 1. The highest BCUT2D eigenvalue weighted by molar-refractivity contribution is 7.99. The summed E-state index contributed by atoms with van der Waals surface area (Å²) in [7, 11) is -3.83. The van der Waals surface area contributed by atoms with Crippen LogP contribution in [-0.2, 0) is 10.0 Å². The number of nitrogens with zero attached hydrogens (tertiary/aromatic N) is 1. The lowest BCUT2D eigenvalue weighted by atomic mass is 10.2. The normalized spacial score (nSPS) is 11.6. The van der Waals surface area contributed by atoms with Crippen molar-refractivity contribution in [3.8, 4) is 0 Å². The molecule has 0 amide bonds. The minimum atomic E-state index is -3.83. The van der Waals surface area contributed by atoms with E-state index in [1.807, 2.05) is 30.3 Å². The van der Waals surface area contributed by atoms with Gasteiger partial charge in [0.05, 0.1) is 26.1 Å². The first-order valence-electron chi connectivity index (χ1n) is 8.62. The Morgan fingerprint density at radius 1 is 0.867 bits per heavy atom. The molecule has 1 heterocycles. The second kappa shape index (κ2) is 8.65. The molecule has 0 fully saturated rings. The van der Waals surface area contributed by atoms with Crippen LogP contribution in [0, 0.1) is 0 Å². The van der Waals surface area contributed by atoms with Gasteiger partial charge in [0, 0.05) is 26.4 Å². The maximum atomic E-state index is 12.6. The van der Waals surface area contributed by atoms with Crippen molar-refractivity contribution in [2.24, 2.45) is 0 Å². The molecule has 30 heavy (non-hydrogen) atoms. The molecule has 0 spiro atoms. The van der Waals surface area contributed by atoms with Crippen molar-refractivity contribution in [2.45, 2.75) is 14.7 Å². The van der Waals surface area contributed by atoms with Gasteiger partial charge in [-0.05, 0) is 42.5 Å². The summed E-state index contributed by atoms with van der Waals surface area (Å²) in [4.78, 5) is 5.96. The highest BCUT2D eigenvalue weighted by Gasteiger charge is 2.17. The third kappa shape index (κ3) is 4.68. The van der Waals surface area contributed by atoms with Crippen LogP contribution in [0.15, 0.2) is 87.6 Å². The van der Waals surface area contributed by atoms with E-state index in [4.69, 9.17) is 34.8 Å². The molecular formula is C21H13Cl3N2O2S2. The summed E-state index contributed by atoms with van der Waals surface area (Å²) in [6.07, 6.45) is 1.75. The zero-order valence-corrected chi connectivity index (χ0v) is 19.0. The van der Waals surface area contributed by atoms with Gasteiger partial charge in [0.25, 0.3) is 10.0 Å². The molecule has 1 aromatic heterocycles. The Bertz CT molecular complexity index is 1340. The average Bonchev–Trinajstić information content (AvgIpc) is 2.70. The Labute approximate surface area is 193 Å². The van der Waals surface area contributed by atoms with Crippen molar-refractivity contribution >= 4 is 73.2 Å². The molecule has 0 aliphatic rings. The fraction of sp³-hybridized carbons (Fsp3) is 0. The maximum Gasteiger partial charge on any atom is 0.261 e. The van der Waals surface area contributed by atoms with Crippen LogP contribution in [0.3, 0.4) is 0 Å². The molecule has 1 N–H and O–H groups in total. The van der Waals surface area contributed by atoms with Gasteiger partial charge in [-0.3, -0.25) is 9.71 Å². The van der Waals surface area contributed by atoms with Gasteiger partial charge < -0.3 is 0 Å². The molecule has 9 heteroatoms. The van der Waals surface area contributed by atoms with Crippen LogP contribution >= 0.6 is 46.6 Å².